The van der Waals surface area contributed by atoms with Gasteiger partial charge >= 0.3 is 5.97 Å². The standard InChI is InChI=1S/C66H106N28O14S/c67-41(7-1-25-80-61(68)69)51(98)86-42(8-2-26-81-62(70)71)52(99)87-43(9-3-27-82-63(72)73)53(100)88-44(10-4-28-83-64(74)75)54(101)89-45(11-5-29-84-65(76)77)55(102)90-46(12-6-30-85-66(78)79)56(103)91-47(31-35-13-19-38(95)20-14-35)57(104)92-48(32-36-15-21-39(96)22-16-36)58(105)93-49(33-37-17-23-40(97)24-18-37)59(106)94-50(34-109)60(107)108/h13-24,41-50,95-97,109H,1-12,25-34,67H2,(H,86,98)(H,87,99)(H,88,100)(H,89,101)(H,90,102)(H,91,103)(H,92,104)(H,93,105)(H,94,106)(H,107,108)(H4,68,69,80)(H4,70,71,81)(H4,72,73,82)(H4,74,75,83)(H4,76,77,84)(H4,78,79,85)/t41-,42-,43-,44-,45-,46-,47-,48-,49-,50-/m0/s1. The lowest BCUT2D eigenvalue weighted by Gasteiger charge is -2.29. The number of hydrogen-bond donors (Lipinski definition) is 33. The van der Waals surface area contributed by atoms with Gasteiger partial charge < -0.3 is 140 Å². The summed E-state index contributed by atoms with van der Waals surface area (Å²) in [7, 11) is 0. The Kier molecular flexibility index (Phi) is 40.6. The number of thiol groups is 1. The van der Waals surface area contributed by atoms with Gasteiger partial charge in [-0.1, -0.05) is 36.4 Å². The molecule has 0 heterocycles. The van der Waals surface area contributed by atoms with Gasteiger partial charge in [0.05, 0.1) is 6.04 Å². The summed E-state index contributed by atoms with van der Waals surface area (Å²) in [6.07, 6.45) is -1.38. The number of rotatable bonds is 50. The molecule has 0 aromatic heterocycles. The van der Waals surface area contributed by atoms with Crippen molar-refractivity contribution >= 4 is 108 Å². The maximum atomic E-state index is 15.1. The molecule has 0 saturated carbocycles. The van der Waals surface area contributed by atoms with Crippen LogP contribution in [0.1, 0.15) is 93.7 Å². The number of nitrogens with two attached hydrogens (primary N) is 7. The van der Waals surface area contributed by atoms with E-state index in [0.717, 1.165) is 0 Å². The molecule has 0 unspecified atom stereocenters. The summed E-state index contributed by atoms with van der Waals surface area (Å²) in [5, 5.41) is 125. The zero-order valence-electron chi connectivity index (χ0n) is 60.1. The molecule has 3 rings (SSSR count). The molecule has 0 bridgehead atoms. The molecule has 0 radical (unpaired) electrons. The molecule has 0 spiro atoms. The maximum absolute atomic E-state index is 15.1. The summed E-state index contributed by atoms with van der Waals surface area (Å²) in [5.74, 6) is -13.4. The molecule has 43 heteroatoms. The summed E-state index contributed by atoms with van der Waals surface area (Å²) in [6.45, 7) is 0.190. The fourth-order valence-corrected chi connectivity index (χ4v) is 10.8. The molecular weight excluding hydrogens is 1440 g/mol. The van der Waals surface area contributed by atoms with Gasteiger partial charge in [0.15, 0.2) is 35.8 Å². The smallest absolute Gasteiger partial charge is 0.327 e. The molecular formula is C66H106N28O14S. The number of amides is 9. The lowest BCUT2D eigenvalue weighted by Crippen LogP contribution is -2.61. The van der Waals surface area contributed by atoms with Crippen LogP contribution in [0.25, 0.3) is 0 Å². The largest absolute Gasteiger partial charge is 0.508 e. The van der Waals surface area contributed by atoms with Crippen molar-refractivity contribution in [3.63, 3.8) is 0 Å². The number of aliphatic carboxylic acids is 1. The average molecular weight is 1550 g/mol. The lowest BCUT2D eigenvalue weighted by molar-refractivity contribution is -0.141. The summed E-state index contributed by atoms with van der Waals surface area (Å²) in [4.78, 5) is 143. The molecule has 9 amide bonds. The van der Waals surface area contributed by atoms with Crippen molar-refractivity contribution in [1.29, 1.82) is 32.5 Å². The van der Waals surface area contributed by atoms with Gasteiger partial charge in [0.1, 0.15) is 71.6 Å². The van der Waals surface area contributed by atoms with E-state index in [1.165, 1.54) is 72.8 Å². The first-order valence-electron chi connectivity index (χ1n) is 34.8. The fourth-order valence-electron chi connectivity index (χ4n) is 10.5. The Bertz CT molecular complexity index is 3560. The van der Waals surface area contributed by atoms with Crippen molar-refractivity contribution in [2.45, 2.75) is 157 Å². The molecule has 0 saturated heterocycles. The second kappa shape index (κ2) is 48.7. The summed E-state index contributed by atoms with van der Waals surface area (Å²) in [5.41, 5.74) is 40.4. The number of carbonyl (C=O) groups excluding carboxylic acids is 9. The Morgan fingerprint density at radius 2 is 0.486 bits per heavy atom. The van der Waals surface area contributed by atoms with Crippen LogP contribution in [0.5, 0.6) is 17.2 Å². The van der Waals surface area contributed by atoms with Gasteiger partial charge in [-0.25, -0.2) is 4.79 Å². The predicted octanol–water partition coefficient (Wildman–Crippen LogP) is -6.88. The molecule has 109 heavy (non-hydrogen) atoms. The molecule has 39 N–H and O–H groups in total. The molecule has 600 valence electrons. The Hall–Kier alpha value is -12.3. The number of benzene rings is 3. The van der Waals surface area contributed by atoms with E-state index in [1.54, 1.807) is 0 Å². The van der Waals surface area contributed by atoms with Crippen LogP contribution in [0.3, 0.4) is 0 Å². The Labute approximate surface area is 634 Å². The number of carboxylic acid groups (broad SMARTS) is 1. The van der Waals surface area contributed by atoms with E-state index in [4.69, 9.17) is 72.6 Å². The van der Waals surface area contributed by atoms with Crippen LogP contribution in [0.2, 0.25) is 0 Å². The topological polar surface area (TPSA) is 757 Å². The number of carbonyl (C=O) groups is 10. The molecule has 0 aliphatic carbocycles. The molecule has 3 aromatic rings. The van der Waals surface area contributed by atoms with E-state index in [1.807, 2.05) is 0 Å². The van der Waals surface area contributed by atoms with Crippen LogP contribution in [-0.4, -0.2) is 221 Å². The number of guanidine groups is 6. The lowest BCUT2D eigenvalue weighted by atomic mass is 10.00. The van der Waals surface area contributed by atoms with Crippen LogP contribution < -0.4 is 120 Å². The van der Waals surface area contributed by atoms with Gasteiger partial charge in [0.2, 0.25) is 53.2 Å². The van der Waals surface area contributed by atoms with E-state index in [2.05, 4.69) is 92.4 Å². The first kappa shape index (κ1) is 90.9. The van der Waals surface area contributed by atoms with Crippen LogP contribution in [0.4, 0.5) is 0 Å². The molecule has 0 aliphatic rings. The van der Waals surface area contributed by atoms with Gasteiger partial charge in [-0.15, -0.1) is 0 Å². The minimum absolute atomic E-state index is 0.00168. The minimum Gasteiger partial charge on any atom is -0.508 e. The second-order valence-electron chi connectivity index (χ2n) is 25.2. The Balaban J connectivity index is 2.16. The Morgan fingerprint density at radius 1 is 0.303 bits per heavy atom. The second-order valence-corrected chi connectivity index (χ2v) is 25.6. The van der Waals surface area contributed by atoms with Gasteiger partial charge in [-0.05, 0) is 130 Å². The number of hydrogen-bond acceptors (Lipinski definition) is 21. The highest BCUT2D eigenvalue weighted by molar-refractivity contribution is 7.80. The number of phenolic OH excluding ortho intramolecular Hbond substituents is 3. The van der Waals surface area contributed by atoms with Crippen molar-refractivity contribution in [1.82, 2.24) is 79.8 Å². The molecule has 0 fully saturated rings. The number of aromatic hydroxyl groups is 3. The van der Waals surface area contributed by atoms with E-state index >= 15 is 14.4 Å². The van der Waals surface area contributed by atoms with Crippen molar-refractivity contribution in [2.24, 2.45) is 40.1 Å². The van der Waals surface area contributed by atoms with Gasteiger partial charge in [-0.3, -0.25) is 75.6 Å². The highest BCUT2D eigenvalue weighted by atomic mass is 32.1. The summed E-state index contributed by atoms with van der Waals surface area (Å²) < 4.78 is 0. The molecule has 0 aliphatic heterocycles. The average Bonchev–Trinajstić information content (AvgIpc) is 0.837. The van der Waals surface area contributed by atoms with Gasteiger partial charge in [-0.2, -0.15) is 12.6 Å². The zero-order valence-corrected chi connectivity index (χ0v) is 61.0. The van der Waals surface area contributed by atoms with Crippen LogP contribution in [-0.2, 0) is 67.2 Å². The normalized spacial score (nSPS) is 13.5. The van der Waals surface area contributed by atoms with Crippen molar-refractivity contribution in [3.8, 4) is 17.2 Å². The van der Waals surface area contributed by atoms with E-state index < -0.39 is 143 Å². The third kappa shape index (κ3) is 37.5. The molecule has 10 atom stereocenters. The first-order chi connectivity index (χ1) is 51.6. The number of carboxylic acids is 1. The molecule has 42 nitrogen and oxygen atoms in total. The van der Waals surface area contributed by atoms with E-state index in [-0.39, 0.29) is 164 Å². The van der Waals surface area contributed by atoms with Crippen LogP contribution in [0.15, 0.2) is 72.8 Å². The number of phenols is 3. The highest BCUT2D eigenvalue weighted by Crippen LogP contribution is 2.17. The third-order valence-electron chi connectivity index (χ3n) is 16.3. The minimum atomic E-state index is -1.67. The van der Waals surface area contributed by atoms with Gasteiger partial charge in [0.25, 0.3) is 0 Å². The zero-order chi connectivity index (χ0) is 81.1. The predicted molar refractivity (Wildman–Crippen MR) is 407 cm³/mol. The van der Waals surface area contributed by atoms with Crippen molar-refractivity contribution in [3.05, 3.63) is 89.5 Å². The highest BCUT2D eigenvalue weighted by Gasteiger charge is 2.36. The van der Waals surface area contributed by atoms with Crippen molar-refractivity contribution in [2.75, 3.05) is 45.0 Å². The fraction of sp³-hybridized carbons (Fsp3) is 0.485. The number of nitrogens with one attached hydrogen (secondary N) is 21. The third-order valence-corrected chi connectivity index (χ3v) is 16.6. The Morgan fingerprint density at radius 3 is 0.688 bits per heavy atom. The summed E-state index contributed by atoms with van der Waals surface area (Å²) >= 11 is 4.04. The molecule has 3 aromatic carbocycles. The van der Waals surface area contributed by atoms with E-state index in [9.17, 15) is 54.0 Å². The monoisotopic (exact) mass is 1550 g/mol. The summed E-state index contributed by atoms with van der Waals surface area (Å²) in [6, 6.07) is 1.31. The van der Waals surface area contributed by atoms with Crippen molar-refractivity contribution < 1.29 is 68.4 Å². The van der Waals surface area contributed by atoms with E-state index in [0.29, 0.717) is 23.1 Å². The maximum Gasteiger partial charge on any atom is 0.327 e. The van der Waals surface area contributed by atoms with Crippen LogP contribution in [0, 0.1) is 32.5 Å². The quantitative estimate of drug-likeness (QED) is 0.0108. The van der Waals surface area contributed by atoms with Gasteiger partial charge in [0, 0.05) is 64.3 Å². The first-order valence-corrected chi connectivity index (χ1v) is 35.4. The SMILES string of the molecule is N=C(N)NCCC[C@H](NC(=O)[C@H](CCCNC(=N)N)NC(=O)[C@H](CCCNC(=N)N)NC(=O)[C@H](CCCNC(=N)N)NC(=O)[C@H](CCCNC(=N)N)NC(=O)[C@@H](N)CCCNC(=N)N)C(=O)N[C@@H](Cc1ccc(O)cc1)C(=O)N[C@@H](Cc1ccc(O)cc1)C(=O)N[C@@H](Cc1ccc(O)cc1)C(=O)N[C@@H](CS)C(=O)O. The van der Waals surface area contributed by atoms with Crippen LogP contribution >= 0.6 is 12.6 Å².